The third-order valence-corrected chi connectivity index (χ3v) is 5.30. The summed E-state index contributed by atoms with van der Waals surface area (Å²) in [5.41, 5.74) is 1.36. The van der Waals surface area contributed by atoms with E-state index in [1.54, 1.807) is 6.92 Å². The maximum absolute atomic E-state index is 13.9. The highest BCUT2D eigenvalue weighted by atomic mass is 19.1. The van der Waals surface area contributed by atoms with Crippen LogP contribution in [0.4, 0.5) is 14.5 Å². The van der Waals surface area contributed by atoms with Crippen molar-refractivity contribution in [2.24, 2.45) is 5.92 Å². The fourth-order valence-corrected chi connectivity index (χ4v) is 3.63. The van der Waals surface area contributed by atoms with E-state index in [4.69, 9.17) is 0 Å². The normalized spacial score (nSPS) is 17.8. The fourth-order valence-electron chi connectivity index (χ4n) is 3.63. The number of carbonyl (C=O) groups excluding carboxylic acids is 2. The minimum Gasteiger partial charge on any atom is -0.386 e. The average Bonchev–Trinajstić information content (AvgIpc) is 2.70. The second-order valence-electron chi connectivity index (χ2n) is 7.25. The lowest BCUT2D eigenvalue weighted by Gasteiger charge is -2.26. The van der Waals surface area contributed by atoms with E-state index in [0.717, 1.165) is 23.4 Å². The molecule has 1 aliphatic rings. The second kappa shape index (κ2) is 9.13. The van der Waals surface area contributed by atoms with Gasteiger partial charge < -0.3 is 15.7 Å². The molecule has 3 atom stereocenters. The van der Waals surface area contributed by atoms with Crippen LogP contribution in [-0.4, -0.2) is 23.0 Å². The Morgan fingerprint density at radius 2 is 1.90 bits per heavy atom. The number of halogens is 2. The van der Waals surface area contributed by atoms with Crippen LogP contribution in [0, 0.1) is 17.6 Å². The molecule has 2 aromatic carbocycles. The number of aliphatic hydroxyl groups excluding tert-OH is 1. The molecule has 2 amide bonds. The number of benzene rings is 2. The second-order valence-corrected chi connectivity index (χ2v) is 7.25. The summed E-state index contributed by atoms with van der Waals surface area (Å²) in [5, 5.41) is 15.9. The molecule has 0 saturated carbocycles. The van der Waals surface area contributed by atoms with Gasteiger partial charge in [-0.05, 0) is 43.0 Å². The number of aliphatic hydroxyl groups is 1. The summed E-state index contributed by atoms with van der Waals surface area (Å²) in [5.74, 6) is -2.55. The van der Waals surface area contributed by atoms with Gasteiger partial charge in [0.1, 0.15) is 17.7 Å². The lowest BCUT2D eigenvalue weighted by atomic mass is 9.89. The summed E-state index contributed by atoms with van der Waals surface area (Å²) in [7, 11) is 0. The number of amides is 2. The Morgan fingerprint density at radius 1 is 1.21 bits per heavy atom. The van der Waals surface area contributed by atoms with Gasteiger partial charge in [0, 0.05) is 18.0 Å². The van der Waals surface area contributed by atoms with Crippen LogP contribution < -0.4 is 10.6 Å². The molecule has 0 fully saturated rings. The van der Waals surface area contributed by atoms with Crippen molar-refractivity contribution >= 4 is 17.5 Å². The van der Waals surface area contributed by atoms with Gasteiger partial charge in [-0.15, -0.1) is 0 Å². The molecular formula is C22H24F2N2O3. The lowest BCUT2D eigenvalue weighted by molar-refractivity contribution is -0.124. The topological polar surface area (TPSA) is 78.4 Å². The van der Waals surface area contributed by atoms with E-state index in [9.17, 15) is 23.5 Å². The first-order valence-corrected chi connectivity index (χ1v) is 9.70. The standard InChI is InChI=1S/C22H24F2N2O3/c1-2-17(21(28)20-15(23)7-5-8-16(20)24)25-19(27)11-10-14-12-13-6-3-4-9-18(13)26-22(14)29/h3-9,14,17,21,28H,2,10-12H2,1H3,(H,25,27)(H,26,29). The van der Waals surface area contributed by atoms with Gasteiger partial charge >= 0.3 is 0 Å². The maximum Gasteiger partial charge on any atom is 0.227 e. The number of rotatable bonds is 7. The molecule has 2 aromatic rings. The highest BCUT2D eigenvalue weighted by Gasteiger charge is 2.29. The summed E-state index contributed by atoms with van der Waals surface area (Å²) >= 11 is 0. The van der Waals surface area contributed by atoms with Crippen molar-refractivity contribution in [1.82, 2.24) is 5.32 Å². The molecule has 1 aliphatic heterocycles. The minimum absolute atomic E-state index is 0.0726. The van der Waals surface area contributed by atoms with Crippen LogP contribution in [0.2, 0.25) is 0 Å². The Labute approximate surface area is 168 Å². The van der Waals surface area contributed by atoms with Gasteiger partial charge in [0.2, 0.25) is 11.8 Å². The predicted octanol–water partition coefficient (Wildman–Crippen LogP) is 3.48. The van der Waals surface area contributed by atoms with Gasteiger partial charge in [-0.3, -0.25) is 9.59 Å². The quantitative estimate of drug-likeness (QED) is 0.664. The van der Waals surface area contributed by atoms with Crippen molar-refractivity contribution in [3.05, 3.63) is 65.2 Å². The maximum atomic E-state index is 13.9. The molecule has 3 N–H and O–H groups in total. The van der Waals surface area contributed by atoms with Crippen molar-refractivity contribution in [2.45, 2.75) is 44.8 Å². The Balaban J connectivity index is 1.59. The molecule has 3 rings (SSSR count). The molecular weight excluding hydrogens is 378 g/mol. The van der Waals surface area contributed by atoms with E-state index < -0.39 is 29.3 Å². The first-order chi connectivity index (χ1) is 13.9. The van der Waals surface area contributed by atoms with Crippen LogP contribution in [-0.2, 0) is 16.0 Å². The van der Waals surface area contributed by atoms with Crippen molar-refractivity contribution in [3.63, 3.8) is 0 Å². The monoisotopic (exact) mass is 402 g/mol. The molecule has 0 bridgehead atoms. The molecule has 0 saturated heterocycles. The fraction of sp³-hybridized carbons (Fsp3) is 0.364. The van der Waals surface area contributed by atoms with Crippen LogP contribution in [0.3, 0.4) is 0 Å². The molecule has 1 heterocycles. The van der Waals surface area contributed by atoms with Crippen molar-refractivity contribution in [1.29, 1.82) is 0 Å². The molecule has 154 valence electrons. The molecule has 7 heteroatoms. The number of hydrogen-bond acceptors (Lipinski definition) is 3. The largest absolute Gasteiger partial charge is 0.386 e. The summed E-state index contributed by atoms with van der Waals surface area (Å²) in [4.78, 5) is 24.6. The van der Waals surface area contributed by atoms with Gasteiger partial charge in [0.15, 0.2) is 0 Å². The van der Waals surface area contributed by atoms with E-state index in [0.29, 0.717) is 12.8 Å². The first-order valence-electron chi connectivity index (χ1n) is 9.70. The highest BCUT2D eigenvalue weighted by Crippen LogP contribution is 2.28. The molecule has 0 spiro atoms. The Morgan fingerprint density at radius 3 is 2.59 bits per heavy atom. The van der Waals surface area contributed by atoms with Gasteiger partial charge in [-0.25, -0.2) is 8.78 Å². The number of nitrogens with one attached hydrogen (secondary N) is 2. The number of para-hydroxylation sites is 1. The lowest BCUT2D eigenvalue weighted by Crippen LogP contribution is -2.40. The summed E-state index contributed by atoms with van der Waals surface area (Å²) < 4.78 is 27.9. The Bertz CT molecular complexity index is 883. The molecule has 5 nitrogen and oxygen atoms in total. The number of fused-ring (bicyclic) bond motifs is 1. The summed E-state index contributed by atoms with van der Waals surface area (Å²) in [6, 6.07) is 10.0. The van der Waals surface area contributed by atoms with Gasteiger partial charge in [0.25, 0.3) is 0 Å². The number of carbonyl (C=O) groups is 2. The zero-order chi connectivity index (χ0) is 21.0. The third-order valence-electron chi connectivity index (χ3n) is 5.30. The van der Waals surface area contributed by atoms with Crippen LogP contribution in [0.15, 0.2) is 42.5 Å². The summed E-state index contributed by atoms with van der Waals surface area (Å²) in [6.45, 7) is 1.71. The zero-order valence-electron chi connectivity index (χ0n) is 16.1. The number of anilines is 1. The zero-order valence-corrected chi connectivity index (χ0v) is 16.1. The Kier molecular flexibility index (Phi) is 6.59. The van der Waals surface area contributed by atoms with Crippen LogP contribution in [0.5, 0.6) is 0 Å². The van der Waals surface area contributed by atoms with E-state index in [2.05, 4.69) is 10.6 Å². The van der Waals surface area contributed by atoms with E-state index in [-0.39, 0.29) is 30.6 Å². The smallest absolute Gasteiger partial charge is 0.227 e. The Hall–Kier alpha value is -2.80. The SMILES string of the molecule is CCC(NC(=O)CCC1Cc2ccccc2NC1=O)C(O)c1c(F)cccc1F. The minimum atomic E-state index is -1.50. The third kappa shape index (κ3) is 4.79. The van der Waals surface area contributed by atoms with Crippen molar-refractivity contribution < 1.29 is 23.5 Å². The van der Waals surface area contributed by atoms with Gasteiger partial charge in [0.05, 0.1) is 11.6 Å². The molecule has 29 heavy (non-hydrogen) atoms. The van der Waals surface area contributed by atoms with Crippen LogP contribution in [0.1, 0.15) is 43.4 Å². The van der Waals surface area contributed by atoms with Gasteiger partial charge in [-0.1, -0.05) is 31.2 Å². The predicted molar refractivity (Wildman–Crippen MR) is 105 cm³/mol. The van der Waals surface area contributed by atoms with Gasteiger partial charge in [-0.2, -0.15) is 0 Å². The first kappa shape index (κ1) is 20.9. The average molecular weight is 402 g/mol. The van der Waals surface area contributed by atoms with Crippen LogP contribution in [0.25, 0.3) is 0 Å². The molecule has 0 radical (unpaired) electrons. The van der Waals surface area contributed by atoms with E-state index >= 15 is 0 Å². The van der Waals surface area contributed by atoms with Crippen molar-refractivity contribution in [3.8, 4) is 0 Å². The molecule has 0 aromatic heterocycles. The van der Waals surface area contributed by atoms with E-state index in [1.807, 2.05) is 24.3 Å². The molecule has 3 unspecified atom stereocenters. The number of hydrogen-bond donors (Lipinski definition) is 3. The van der Waals surface area contributed by atoms with Crippen molar-refractivity contribution in [2.75, 3.05) is 5.32 Å². The van der Waals surface area contributed by atoms with E-state index in [1.165, 1.54) is 6.07 Å². The van der Waals surface area contributed by atoms with Crippen LogP contribution >= 0.6 is 0 Å². The highest BCUT2D eigenvalue weighted by molar-refractivity contribution is 5.96. The summed E-state index contributed by atoms with van der Waals surface area (Å²) in [6.07, 6.45) is -0.251. The molecule has 0 aliphatic carbocycles.